The Hall–Kier alpha value is -1.73. The molecule has 126 valence electrons. The van der Waals surface area contributed by atoms with E-state index in [-0.39, 0.29) is 18.6 Å². The minimum absolute atomic E-state index is 0.195. The number of likely N-dealkylation sites (tertiary alicyclic amines) is 1. The zero-order valence-corrected chi connectivity index (χ0v) is 14.1. The van der Waals surface area contributed by atoms with Gasteiger partial charge in [-0.2, -0.15) is 0 Å². The summed E-state index contributed by atoms with van der Waals surface area (Å²) in [6.07, 6.45) is 1.99. The van der Waals surface area contributed by atoms with Crippen LogP contribution in [0.4, 0.5) is 4.79 Å². The average molecular weight is 338 g/mol. The first-order valence-corrected chi connectivity index (χ1v) is 8.70. The van der Waals surface area contributed by atoms with Crippen LogP contribution < -0.4 is 5.73 Å². The highest BCUT2D eigenvalue weighted by Crippen LogP contribution is 2.27. The number of thioether (sulfide) groups is 1. The highest BCUT2D eigenvalue weighted by atomic mass is 32.2. The third-order valence-corrected chi connectivity index (χ3v) is 4.92. The Morgan fingerprint density at radius 1 is 1.39 bits per heavy atom. The van der Waals surface area contributed by atoms with Gasteiger partial charge in [0.1, 0.15) is 11.9 Å². The van der Waals surface area contributed by atoms with E-state index in [0.29, 0.717) is 13.0 Å². The molecule has 1 heterocycles. The molecular weight excluding hydrogens is 316 g/mol. The molecule has 23 heavy (non-hydrogen) atoms. The normalized spacial score (nSPS) is 21.8. The van der Waals surface area contributed by atoms with E-state index < -0.39 is 17.4 Å². The van der Waals surface area contributed by atoms with Gasteiger partial charge in [0.2, 0.25) is 0 Å². The van der Waals surface area contributed by atoms with Crippen LogP contribution >= 0.6 is 11.8 Å². The Bertz CT molecular complexity index is 540. The molecule has 0 saturated carbocycles. The first-order valence-electron chi connectivity index (χ1n) is 7.42. The number of hydrogen-bond donors (Lipinski definition) is 1. The first-order chi connectivity index (χ1) is 11.1. The molecule has 6 nitrogen and oxygen atoms in total. The van der Waals surface area contributed by atoms with Crippen molar-refractivity contribution in [3.8, 4) is 0 Å². The number of ether oxygens (including phenoxy) is 2. The molecule has 0 aliphatic carbocycles. The Morgan fingerprint density at radius 2 is 2.09 bits per heavy atom. The molecule has 1 aromatic carbocycles. The number of nitrogens with two attached hydrogens (primary N) is 1. The van der Waals surface area contributed by atoms with E-state index in [1.165, 1.54) is 18.9 Å². The van der Waals surface area contributed by atoms with Gasteiger partial charge >= 0.3 is 12.1 Å². The van der Waals surface area contributed by atoms with Crippen molar-refractivity contribution in [3.63, 3.8) is 0 Å². The smallest absolute Gasteiger partial charge is 0.410 e. The fraction of sp³-hybridized carbons (Fsp3) is 0.500. The van der Waals surface area contributed by atoms with E-state index in [1.54, 1.807) is 11.2 Å². The van der Waals surface area contributed by atoms with Gasteiger partial charge in [-0.3, -0.25) is 4.79 Å². The summed E-state index contributed by atoms with van der Waals surface area (Å²) >= 11 is 1.34. The standard InChI is InChI=1S/C16H22N2O4S/c1-21-15(19)14(23-2)13-12(17)8-9-18(13)16(20)22-10-11-6-4-3-5-7-11/h3-7,12-14H,8-10,17H2,1-2H3. The number of amides is 1. The van der Waals surface area contributed by atoms with Crippen LogP contribution in [0.25, 0.3) is 0 Å². The zero-order chi connectivity index (χ0) is 16.8. The van der Waals surface area contributed by atoms with Gasteiger partial charge in [-0.15, -0.1) is 11.8 Å². The van der Waals surface area contributed by atoms with Crippen molar-refractivity contribution in [2.75, 3.05) is 19.9 Å². The van der Waals surface area contributed by atoms with Gasteiger partial charge in [-0.05, 0) is 18.2 Å². The van der Waals surface area contributed by atoms with Gasteiger partial charge in [0.15, 0.2) is 0 Å². The van der Waals surface area contributed by atoms with Gasteiger partial charge in [0, 0.05) is 12.6 Å². The number of carbonyl (C=O) groups is 2. The molecule has 1 fully saturated rings. The summed E-state index contributed by atoms with van der Waals surface area (Å²) in [7, 11) is 1.34. The molecule has 7 heteroatoms. The van der Waals surface area contributed by atoms with Crippen LogP contribution in [-0.4, -0.2) is 54.2 Å². The summed E-state index contributed by atoms with van der Waals surface area (Å²) < 4.78 is 10.2. The molecule has 1 amide bonds. The van der Waals surface area contributed by atoms with Gasteiger partial charge in [-0.1, -0.05) is 30.3 Å². The molecule has 1 saturated heterocycles. The lowest BCUT2D eigenvalue weighted by Gasteiger charge is -2.30. The number of nitrogens with zero attached hydrogens (tertiary/aromatic N) is 1. The number of rotatable bonds is 5. The number of benzene rings is 1. The quantitative estimate of drug-likeness (QED) is 0.822. The summed E-state index contributed by atoms with van der Waals surface area (Å²) in [4.78, 5) is 25.9. The molecular formula is C16H22N2O4S. The molecule has 2 rings (SSSR count). The van der Waals surface area contributed by atoms with Gasteiger partial charge in [-0.25, -0.2) is 4.79 Å². The average Bonchev–Trinajstić information content (AvgIpc) is 2.96. The van der Waals surface area contributed by atoms with E-state index in [1.807, 2.05) is 30.3 Å². The third kappa shape index (κ3) is 4.17. The van der Waals surface area contributed by atoms with Crippen LogP contribution in [0.5, 0.6) is 0 Å². The van der Waals surface area contributed by atoms with Crippen molar-refractivity contribution in [3.05, 3.63) is 35.9 Å². The minimum Gasteiger partial charge on any atom is -0.468 e. The van der Waals surface area contributed by atoms with Crippen molar-refractivity contribution in [2.24, 2.45) is 5.73 Å². The van der Waals surface area contributed by atoms with E-state index >= 15 is 0 Å². The topological polar surface area (TPSA) is 81.9 Å². The molecule has 3 unspecified atom stereocenters. The molecule has 0 spiro atoms. The number of carbonyl (C=O) groups excluding carboxylic acids is 2. The highest BCUT2D eigenvalue weighted by Gasteiger charge is 2.44. The molecule has 0 bridgehead atoms. The lowest BCUT2D eigenvalue weighted by Crippen LogP contribution is -2.51. The number of methoxy groups -OCH3 is 1. The van der Waals surface area contributed by atoms with Crippen LogP contribution in [-0.2, 0) is 20.9 Å². The van der Waals surface area contributed by atoms with Gasteiger partial charge in [0.05, 0.1) is 13.2 Å². The third-order valence-electron chi connectivity index (χ3n) is 3.94. The zero-order valence-electron chi connectivity index (χ0n) is 13.3. The lowest BCUT2D eigenvalue weighted by atomic mass is 10.1. The van der Waals surface area contributed by atoms with E-state index in [9.17, 15) is 9.59 Å². The predicted molar refractivity (Wildman–Crippen MR) is 89.0 cm³/mol. The number of esters is 1. The second kappa shape index (κ2) is 8.21. The van der Waals surface area contributed by atoms with E-state index in [2.05, 4.69) is 0 Å². The van der Waals surface area contributed by atoms with Gasteiger partial charge < -0.3 is 20.1 Å². The summed E-state index contributed by atoms with van der Waals surface area (Å²) in [5, 5.41) is -0.512. The maximum Gasteiger partial charge on any atom is 0.410 e. The summed E-state index contributed by atoms with van der Waals surface area (Å²) in [6.45, 7) is 0.674. The Balaban J connectivity index is 2.04. The largest absolute Gasteiger partial charge is 0.468 e. The first kappa shape index (κ1) is 17.6. The summed E-state index contributed by atoms with van der Waals surface area (Å²) in [5.74, 6) is -0.374. The minimum atomic E-state index is -0.512. The Morgan fingerprint density at radius 3 is 2.70 bits per heavy atom. The molecule has 2 N–H and O–H groups in total. The second-order valence-electron chi connectivity index (χ2n) is 5.36. The Labute approximate surface area is 140 Å². The van der Waals surface area contributed by atoms with Crippen LogP contribution in [0.3, 0.4) is 0 Å². The van der Waals surface area contributed by atoms with Crippen molar-refractivity contribution in [1.82, 2.24) is 4.90 Å². The number of hydrogen-bond acceptors (Lipinski definition) is 6. The molecule has 1 aliphatic heterocycles. The van der Waals surface area contributed by atoms with Gasteiger partial charge in [0.25, 0.3) is 0 Å². The monoisotopic (exact) mass is 338 g/mol. The molecule has 1 aliphatic rings. The van der Waals surface area contributed by atoms with Crippen molar-refractivity contribution < 1.29 is 19.1 Å². The maximum atomic E-state index is 12.4. The van der Waals surface area contributed by atoms with E-state index in [4.69, 9.17) is 15.2 Å². The molecule has 1 aromatic rings. The van der Waals surface area contributed by atoms with Crippen LogP contribution in [0, 0.1) is 0 Å². The second-order valence-corrected chi connectivity index (χ2v) is 6.34. The van der Waals surface area contributed by atoms with Crippen LogP contribution in [0.1, 0.15) is 12.0 Å². The highest BCUT2D eigenvalue weighted by molar-refractivity contribution is 8.00. The van der Waals surface area contributed by atoms with E-state index in [0.717, 1.165) is 5.56 Å². The Kier molecular flexibility index (Phi) is 6.29. The molecule has 0 aromatic heterocycles. The van der Waals surface area contributed by atoms with Crippen LogP contribution in [0.2, 0.25) is 0 Å². The predicted octanol–water partition coefficient (Wildman–Crippen LogP) is 1.63. The SMILES string of the molecule is COC(=O)C(SC)C1C(N)CCN1C(=O)OCc1ccccc1. The molecule has 3 atom stereocenters. The molecule has 0 radical (unpaired) electrons. The maximum absolute atomic E-state index is 12.4. The summed E-state index contributed by atoms with van der Waals surface area (Å²) in [6, 6.07) is 8.77. The fourth-order valence-electron chi connectivity index (χ4n) is 2.73. The van der Waals surface area contributed by atoms with Crippen molar-refractivity contribution in [2.45, 2.75) is 30.4 Å². The van der Waals surface area contributed by atoms with Crippen molar-refractivity contribution in [1.29, 1.82) is 0 Å². The lowest BCUT2D eigenvalue weighted by molar-refractivity contribution is -0.141. The van der Waals surface area contributed by atoms with Crippen molar-refractivity contribution >= 4 is 23.8 Å². The van der Waals surface area contributed by atoms with Crippen LogP contribution in [0.15, 0.2) is 30.3 Å². The fourth-order valence-corrected chi connectivity index (χ4v) is 3.65. The summed E-state index contributed by atoms with van der Waals surface area (Å²) in [5.41, 5.74) is 7.03.